The number of piperidine rings is 1. The van der Waals surface area contributed by atoms with Gasteiger partial charge in [0.15, 0.2) is 0 Å². The fourth-order valence-electron chi connectivity index (χ4n) is 4.08. The van der Waals surface area contributed by atoms with Gasteiger partial charge in [0, 0.05) is 24.7 Å². The Labute approximate surface area is 185 Å². The molecule has 0 spiro atoms. The van der Waals surface area contributed by atoms with Gasteiger partial charge in [-0.3, -0.25) is 14.9 Å². The summed E-state index contributed by atoms with van der Waals surface area (Å²) in [6.45, 7) is 0.957. The Morgan fingerprint density at radius 3 is 2.57 bits per heavy atom. The fourth-order valence-corrected chi connectivity index (χ4v) is 5.48. The summed E-state index contributed by atoms with van der Waals surface area (Å²) in [6, 6.07) is 8.46. The minimum atomic E-state index is -1.02. The number of benzene rings is 1. The van der Waals surface area contributed by atoms with Crippen molar-refractivity contribution in [1.29, 1.82) is 0 Å². The van der Waals surface area contributed by atoms with Gasteiger partial charge in [-0.1, -0.05) is 30.3 Å². The molecule has 1 aromatic carbocycles. The zero-order valence-corrected chi connectivity index (χ0v) is 18.8. The Kier molecular flexibility index (Phi) is 8.07. The number of carboxylic acids is 1. The molecule has 2 amide bonds. The predicted octanol–water partition coefficient (Wildman–Crippen LogP) is 1.53. The molecule has 2 aliphatic heterocycles. The Balaban J connectivity index is 1.77. The highest BCUT2D eigenvalue weighted by molar-refractivity contribution is 7.99. The zero-order valence-electron chi connectivity index (χ0n) is 17.1. The SMILES string of the molecule is CSCC[C@@H](NC(=O)C1(c2ccccc2)CCN(C(=O)[C@H]2CSCN2)CC1)C(=O)O. The van der Waals surface area contributed by atoms with Crippen molar-refractivity contribution in [3.8, 4) is 0 Å². The van der Waals surface area contributed by atoms with Gasteiger partial charge in [0.1, 0.15) is 6.04 Å². The normalized spacial score (nSPS) is 21.8. The molecule has 30 heavy (non-hydrogen) atoms. The van der Waals surface area contributed by atoms with E-state index in [1.165, 1.54) is 0 Å². The molecule has 2 atom stereocenters. The molecule has 2 aliphatic rings. The van der Waals surface area contributed by atoms with Crippen molar-refractivity contribution < 1.29 is 19.5 Å². The van der Waals surface area contributed by atoms with Crippen LogP contribution in [0.15, 0.2) is 30.3 Å². The largest absolute Gasteiger partial charge is 0.480 e. The minimum Gasteiger partial charge on any atom is -0.480 e. The summed E-state index contributed by atoms with van der Waals surface area (Å²) in [5, 5.41) is 15.6. The van der Waals surface area contributed by atoms with Gasteiger partial charge in [0.05, 0.1) is 11.5 Å². The van der Waals surface area contributed by atoms with E-state index >= 15 is 0 Å². The van der Waals surface area contributed by atoms with Crippen molar-refractivity contribution in [2.24, 2.45) is 0 Å². The van der Waals surface area contributed by atoms with E-state index in [1.807, 2.05) is 41.5 Å². The first-order chi connectivity index (χ1) is 14.5. The number of nitrogens with one attached hydrogen (secondary N) is 2. The summed E-state index contributed by atoms with van der Waals surface area (Å²) >= 11 is 3.27. The van der Waals surface area contributed by atoms with Crippen LogP contribution in [0.4, 0.5) is 0 Å². The van der Waals surface area contributed by atoms with Crippen molar-refractivity contribution in [2.75, 3.05) is 36.7 Å². The Bertz CT molecular complexity index is 748. The van der Waals surface area contributed by atoms with Crippen molar-refractivity contribution in [3.63, 3.8) is 0 Å². The molecule has 3 rings (SSSR count). The van der Waals surface area contributed by atoms with Crippen LogP contribution in [0.3, 0.4) is 0 Å². The number of carbonyl (C=O) groups excluding carboxylic acids is 2. The van der Waals surface area contributed by atoms with Gasteiger partial charge < -0.3 is 15.3 Å². The number of amides is 2. The maximum Gasteiger partial charge on any atom is 0.326 e. The van der Waals surface area contributed by atoms with E-state index in [0.717, 1.165) is 17.2 Å². The number of hydrogen-bond donors (Lipinski definition) is 3. The van der Waals surface area contributed by atoms with Crippen LogP contribution in [0.1, 0.15) is 24.8 Å². The lowest BCUT2D eigenvalue weighted by atomic mass is 9.71. The van der Waals surface area contributed by atoms with E-state index in [4.69, 9.17) is 0 Å². The van der Waals surface area contributed by atoms with Gasteiger partial charge in [-0.05, 0) is 36.8 Å². The van der Waals surface area contributed by atoms with Crippen molar-refractivity contribution in [3.05, 3.63) is 35.9 Å². The molecule has 2 saturated heterocycles. The molecule has 0 aromatic heterocycles. The highest BCUT2D eigenvalue weighted by atomic mass is 32.2. The Hall–Kier alpha value is -1.71. The number of thioether (sulfide) groups is 2. The van der Waals surface area contributed by atoms with Gasteiger partial charge in [-0.25, -0.2) is 4.79 Å². The van der Waals surface area contributed by atoms with Crippen LogP contribution < -0.4 is 10.6 Å². The molecule has 0 unspecified atom stereocenters. The third-order valence-corrected chi connectivity index (χ3v) is 7.50. The van der Waals surface area contributed by atoms with Gasteiger partial charge in [-0.2, -0.15) is 11.8 Å². The van der Waals surface area contributed by atoms with Crippen molar-refractivity contribution in [1.82, 2.24) is 15.5 Å². The van der Waals surface area contributed by atoms with Crippen LogP contribution in [0.2, 0.25) is 0 Å². The lowest BCUT2D eigenvalue weighted by Crippen LogP contribution is -2.57. The molecular weight excluding hydrogens is 422 g/mol. The molecule has 164 valence electrons. The van der Waals surface area contributed by atoms with E-state index in [-0.39, 0.29) is 17.9 Å². The van der Waals surface area contributed by atoms with Crippen molar-refractivity contribution in [2.45, 2.75) is 36.8 Å². The predicted molar refractivity (Wildman–Crippen MR) is 121 cm³/mol. The molecule has 1 aromatic rings. The van der Waals surface area contributed by atoms with E-state index in [9.17, 15) is 19.5 Å². The molecule has 0 bridgehead atoms. The van der Waals surface area contributed by atoms with E-state index < -0.39 is 17.4 Å². The summed E-state index contributed by atoms with van der Waals surface area (Å²) < 4.78 is 0. The second-order valence-corrected chi connectivity index (χ2v) is 9.71. The number of hydrogen-bond acceptors (Lipinski definition) is 6. The first-order valence-corrected chi connectivity index (χ1v) is 12.7. The summed E-state index contributed by atoms with van der Waals surface area (Å²) in [7, 11) is 0. The van der Waals surface area contributed by atoms with Gasteiger partial charge in [-0.15, -0.1) is 11.8 Å². The van der Waals surface area contributed by atoms with Crippen LogP contribution >= 0.6 is 23.5 Å². The number of carboxylic acid groups (broad SMARTS) is 1. The summed E-state index contributed by atoms with van der Waals surface area (Å²) in [4.78, 5) is 39.7. The minimum absolute atomic E-state index is 0.0884. The maximum absolute atomic E-state index is 13.4. The number of rotatable bonds is 8. The molecule has 3 N–H and O–H groups in total. The molecule has 9 heteroatoms. The second-order valence-electron chi connectivity index (χ2n) is 7.69. The number of likely N-dealkylation sites (tertiary alicyclic amines) is 1. The van der Waals surface area contributed by atoms with E-state index in [0.29, 0.717) is 38.1 Å². The van der Waals surface area contributed by atoms with Crippen LogP contribution in [-0.4, -0.2) is 76.6 Å². The van der Waals surface area contributed by atoms with Crippen LogP contribution in [0.25, 0.3) is 0 Å². The molecule has 0 saturated carbocycles. The number of carbonyl (C=O) groups is 3. The van der Waals surface area contributed by atoms with Crippen LogP contribution in [0, 0.1) is 0 Å². The topological polar surface area (TPSA) is 98.7 Å². The molecule has 2 fully saturated rings. The third kappa shape index (κ3) is 5.12. The quantitative estimate of drug-likeness (QED) is 0.551. The fraction of sp³-hybridized carbons (Fsp3) is 0.571. The van der Waals surface area contributed by atoms with Gasteiger partial charge >= 0.3 is 5.97 Å². The maximum atomic E-state index is 13.4. The molecule has 0 aliphatic carbocycles. The first kappa shape index (κ1) is 23.0. The highest BCUT2D eigenvalue weighted by Crippen LogP contribution is 2.36. The van der Waals surface area contributed by atoms with E-state index in [2.05, 4.69) is 10.6 Å². The molecule has 2 heterocycles. The molecule has 0 radical (unpaired) electrons. The summed E-state index contributed by atoms with van der Waals surface area (Å²) in [6.07, 6.45) is 3.24. The molecular formula is C21H29N3O4S2. The van der Waals surface area contributed by atoms with Crippen LogP contribution in [-0.2, 0) is 19.8 Å². The van der Waals surface area contributed by atoms with Gasteiger partial charge in [0.25, 0.3) is 0 Å². The monoisotopic (exact) mass is 451 g/mol. The number of aliphatic carboxylic acids is 1. The Morgan fingerprint density at radius 1 is 1.30 bits per heavy atom. The van der Waals surface area contributed by atoms with Crippen molar-refractivity contribution >= 4 is 41.3 Å². The standard InChI is InChI=1S/C21H29N3O4S2/c1-29-12-7-16(19(26)27)23-20(28)21(15-5-3-2-4-6-15)8-10-24(11-9-21)18(25)17-13-30-14-22-17/h2-6,16-17,22H,7-14H2,1H3,(H,23,28)(H,26,27)/t16-,17-/m1/s1. The van der Waals surface area contributed by atoms with Crippen LogP contribution in [0.5, 0.6) is 0 Å². The average molecular weight is 452 g/mol. The first-order valence-electron chi connectivity index (χ1n) is 10.2. The third-order valence-electron chi connectivity index (χ3n) is 5.92. The summed E-state index contributed by atoms with van der Waals surface area (Å²) in [5.41, 5.74) is 0.0429. The highest BCUT2D eigenvalue weighted by Gasteiger charge is 2.45. The smallest absolute Gasteiger partial charge is 0.326 e. The average Bonchev–Trinajstić information content (AvgIpc) is 3.31. The lowest BCUT2D eigenvalue weighted by molar-refractivity contribution is -0.143. The second kappa shape index (κ2) is 10.5. The van der Waals surface area contributed by atoms with E-state index in [1.54, 1.807) is 23.5 Å². The Morgan fingerprint density at radius 2 is 2.00 bits per heavy atom. The van der Waals surface area contributed by atoms with Gasteiger partial charge in [0.2, 0.25) is 11.8 Å². The lowest BCUT2D eigenvalue weighted by Gasteiger charge is -2.42. The number of nitrogens with zero attached hydrogens (tertiary/aromatic N) is 1. The summed E-state index contributed by atoms with van der Waals surface area (Å²) in [5.74, 6) is 1.03. The molecule has 7 nitrogen and oxygen atoms in total. The zero-order chi connectivity index (χ0) is 21.6.